The molecule has 3 unspecified atom stereocenters. The minimum absolute atomic E-state index is 0.539. The summed E-state index contributed by atoms with van der Waals surface area (Å²) in [7, 11) is 0. The van der Waals surface area contributed by atoms with Crippen LogP contribution in [0.1, 0.15) is 35.2 Å². The van der Waals surface area contributed by atoms with E-state index in [-0.39, 0.29) is 0 Å². The number of halogens is 1. The summed E-state index contributed by atoms with van der Waals surface area (Å²) in [5, 5.41) is 0.735. The molecule has 3 aromatic rings. The van der Waals surface area contributed by atoms with E-state index in [0.29, 0.717) is 11.8 Å². The van der Waals surface area contributed by atoms with Crippen LogP contribution in [0.4, 0.5) is 0 Å². The van der Waals surface area contributed by atoms with E-state index in [1.807, 2.05) is 12.1 Å². The van der Waals surface area contributed by atoms with Gasteiger partial charge in [0, 0.05) is 5.92 Å². The molecule has 1 saturated carbocycles. The van der Waals surface area contributed by atoms with Gasteiger partial charge in [0.2, 0.25) is 0 Å². The monoisotopic (exact) mass is 294 g/mol. The standard InChI is InChI=1S/C18H15ClN2/c19-13-6-3-7-14-17(13)21-18(20-14)16-12-9-8-10-4-1-2-5-11(10)15(12)16/h1-7,12,15-16H,8-9H2,(H,20,21). The Hall–Kier alpha value is -1.80. The number of H-pyrrole nitrogens is 1. The van der Waals surface area contributed by atoms with Crippen molar-refractivity contribution in [3.8, 4) is 0 Å². The van der Waals surface area contributed by atoms with Gasteiger partial charge in [0.1, 0.15) is 11.3 Å². The van der Waals surface area contributed by atoms with Crippen molar-refractivity contribution in [2.24, 2.45) is 5.92 Å². The van der Waals surface area contributed by atoms with Crippen molar-refractivity contribution in [3.05, 3.63) is 64.4 Å². The average molecular weight is 295 g/mol. The lowest BCUT2D eigenvalue weighted by Crippen LogP contribution is -2.00. The normalized spacial score (nSPS) is 26.4. The molecular formula is C18H15ClN2. The van der Waals surface area contributed by atoms with E-state index in [9.17, 15) is 0 Å². The highest BCUT2D eigenvalue weighted by molar-refractivity contribution is 6.34. The van der Waals surface area contributed by atoms with Crippen LogP contribution < -0.4 is 0 Å². The number of hydrogen-bond donors (Lipinski definition) is 1. The molecule has 0 amide bonds. The summed E-state index contributed by atoms with van der Waals surface area (Å²) in [6.07, 6.45) is 2.48. The second-order valence-electron chi connectivity index (χ2n) is 6.21. The molecule has 3 atom stereocenters. The Morgan fingerprint density at radius 3 is 2.86 bits per heavy atom. The maximum Gasteiger partial charge on any atom is 0.111 e. The molecular weight excluding hydrogens is 280 g/mol. The maximum atomic E-state index is 6.25. The average Bonchev–Trinajstić information content (AvgIpc) is 3.10. The predicted octanol–water partition coefficient (Wildman–Crippen LogP) is 4.66. The first-order valence-corrected chi connectivity index (χ1v) is 7.92. The molecule has 0 saturated heterocycles. The number of nitrogens with zero attached hydrogens (tertiary/aromatic N) is 1. The van der Waals surface area contributed by atoms with E-state index in [4.69, 9.17) is 16.6 Å². The molecule has 0 bridgehead atoms. The second kappa shape index (κ2) is 4.11. The number of aromatic amines is 1. The minimum atomic E-state index is 0.539. The first kappa shape index (κ1) is 11.8. The van der Waals surface area contributed by atoms with Crippen molar-refractivity contribution in [3.63, 3.8) is 0 Å². The number of benzene rings is 2. The van der Waals surface area contributed by atoms with Crippen LogP contribution in [-0.2, 0) is 6.42 Å². The molecule has 2 aliphatic rings. The molecule has 1 N–H and O–H groups in total. The fourth-order valence-corrected chi connectivity index (χ4v) is 4.33. The maximum absolute atomic E-state index is 6.25. The predicted molar refractivity (Wildman–Crippen MR) is 84.8 cm³/mol. The third kappa shape index (κ3) is 1.63. The van der Waals surface area contributed by atoms with Crippen LogP contribution in [0.5, 0.6) is 0 Å². The first-order valence-electron chi connectivity index (χ1n) is 7.55. The van der Waals surface area contributed by atoms with E-state index < -0.39 is 0 Å². The Balaban J connectivity index is 1.59. The number of hydrogen-bond acceptors (Lipinski definition) is 1. The zero-order valence-corrected chi connectivity index (χ0v) is 12.3. The molecule has 2 nitrogen and oxygen atoms in total. The summed E-state index contributed by atoms with van der Waals surface area (Å²) in [5.74, 6) is 3.05. The molecule has 1 aromatic heterocycles. The second-order valence-corrected chi connectivity index (χ2v) is 6.62. The van der Waals surface area contributed by atoms with Gasteiger partial charge >= 0.3 is 0 Å². The molecule has 2 aromatic carbocycles. The molecule has 0 radical (unpaired) electrons. The van der Waals surface area contributed by atoms with Gasteiger partial charge in [-0.25, -0.2) is 4.98 Å². The fraction of sp³-hybridized carbons (Fsp3) is 0.278. The Morgan fingerprint density at radius 1 is 1.05 bits per heavy atom. The summed E-state index contributed by atoms with van der Waals surface area (Å²) in [6, 6.07) is 14.8. The highest BCUT2D eigenvalue weighted by Crippen LogP contribution is 2.64. The van der Waals surface area contributed by atoms with Crippen LogP contribution in [0.25, 0.3) is 11.0 Å². The first-order chi connectivity index (χ1) is 10.3. The molecule has 21 heavy (non-hydrogen) atoms. The van der Waals surface area contributed by atoms with Gasteiger partial charge in [-0.1, -0.05) is 41.9 Å². The molecule has 5 rings (SSSR count). The van der Waals surface area contributed by atoms with Crippen molar-refractivity contribution in [1.29, 1.82) is 0 Å². The number of fused-ring (bicyclic) bond motifs is 4. The number of aromatic nitrogens is 2. The zero-order valence-electron chi connectivity index (χ0n) is 11.5. The number of rotatable bonds is 1. The quantitative estimate of drug-likeness (QED) is 0.695. The Kier molecular flexibility index (Phi) is 2.31. The minimum Gasteiger partial charge on any atom is -0.342 e. The Labute approximate surface area is 128 Å². The number of para-hydroxylation sites is 1. The van der Waals surface area contributed by atoms with Gasteiger partial charge in [-0.15, -0.1) is 0 Å². The fourth-order valence-electron chi connectivity index (χ4n) is 4.11. The van der Waals surface area contributed by atoms with Gasteiger partial charge in [-0.2, -0.15) is 0 Å². The van der Waals surface area contributed by atoms with E-state index in [1.54, 1.807) is 0 Å². The van der Waals surface area contributed by atoms with E-state index >= 15 is 0 Å². The third-order valence-corrected chi connectivity index (χ3v) is 5.43. The lowest BCUT2D eigenvalue weighted by Gasteiger charge is -2.13. The van der Waals surface area contributed by atoms with Crippen molar-refractivity contribution >= 4 is 22.6 Å². The van der Waals surface area contributed by atoms with Crippen LogP contribution in [-0.4, -0.2) is 9.97 Å². The zero-order chi connectivity index (χ0) is 14.0. The SMILES string of the molecule is Clc1cccc2[nH]c(C3C4CCc5ccccc5C43)nc12. The van der Waals surface area contributed by atoms with Crippen molar-refractivity contribution in [1.82, 2.24) is 9.97 Å². The van der Waals surface area contributed by atoms with E-state index in [1.165, 1.54) is 24.0 Å². The van der Waals surface area contributed by atoms with Gasteiger partial charge in [-0.05, 0) is 47.9 Å². The van der Waals surface area contributed by atoms with Crippen LogP contribution in [0.15, 0.2) is 42.5 Å². The van der Waals surface area contributed by atoms with Crippen LogP contribution in [0.3, 0.4) is 0 Å². The molecule has 104 valence electrons. The molecule has 0 aliphatic heterocycles. The van der Waals surface area contributed by atoms with Gasteiger partial charge in [-0.3, -0.25) is 0 Å². The summed E-state index contributed by atoms with van der Waals surface area (Å²) >= 11 is 6.25. The van der Waals surface area contributed by atoms with Gasteiger partial charge in [0.15, 0.2) is 0 Å². The largest absolute Gasteiger partial charge is 0.342 e. The van der Waals surface area contributed by atoms with E-state index in [2.05, 4.69) is 35.3 Å². The van der Waals surface area contributed by atoms with Crippen LogP contribution in [0.2, 0.25) is 5.02 Å². The summed E-state index contributed by atoms with van der Waals surface area (Å²) < 4.78 is 0. The number of imidazole rings is 1. The van der Waals surface area contributed by atoms with Crippen LogP contribution >= 0.6 is 11.6 Å². The van der Waals surface area contributed by atoms with Crippen molar-refractivity contribution < 1.29 is 0 Å². The summed E-state index contributed by atoms with van der Waals surface area (Å²) in [6.45, 7) is 0. The number of nitrogens with one attached hydrogen (secondary N) is 1. The highest BCUT2D eigenvalue weighted by Gasteiger charge is 2.55. The molecule has 1 fully saturated rings. The van der Waals surface area contributed by atoms with E-state index in [0.717, 1.165) is 27.8 Å². The Bertz CT molecular complexity index is 851. The third-order valence-electron chi connectivity index (χ3n) is 5.13. The smallest absolute Gasteiger partial charge is 0.111 e. The topological polar surface area (TPSA) is 28.7 Å². The van der Waals surface area contributed by atoms with Crippen molar-refractivity contribution in [2.75, 3.05) is 0 Å². The molecule has 0 spiro atoms. The lowest BCUT2D eigenvalue weighted by atomic mass is 9.92. The van der Waals surface area contributed by atoms with Crippen molar-refractivity contribution in [2.45, 2.75) is 24.7 Å². The molecule has 1 heterocycles. The summed E-state index contributed by atoms with van der Waals surface area (Å²) in [4.78, 5) is 8.27. The Morgan fingerprint density at radius 2 is 1.95 bits per heavy atom. The summed E-state index contributed by atoms with van der Waals surface area (Å²) in [5.41, 5.74) is 5.02. The molecule has 3 heteroatoms. The van der Waals surface area contributed by atoms with Gasteiger partial charge in [0.05, 0.1) is 10.5 Å². The lowest BCUT2D eigenvalue weighted by molar-refractivity contribution is 0.655. The highest BCUT2D eigenvalue weighted by atomic mass is 35.5. The van der Waals surface area contributed by atoms with Gasteiger partial charge < -0.3 is 4.98 Å². The van der Waals surface area contributed by atoms with Gasteiger partial charge in [0.25, 0.3) is 0 Å². The number of aryl methyl sites for hydroxylation is 1. The molecule has 2 aliphatic carbocycles. The van der Waals surface area contributed by atoms with Crippen LogP contribution in [0, 0.1) is 5.92 Å².